The standard InChI is InChI=1S/C10H11ClN2/c1-7(2)9-10(11)12-8-5-3-4-6-13(8)9/h3-7H,1-2H3. The Labute approximate surface area is 82.2 Å². The van der Waals surface area contributed by atoms with E-state index in [4.69, 9.17) is 11.6 Å². The second kappa shape index (κ2) is 3.04. The Morgan fingerprint density at radius 3 is 2.85 bits per heavy atom. The predicted molar refractivity (Wildman–Crippen MR) is 54.3 cm³/mol. The fraction of sp³-hybridized carbons (Fsp3) is 0.300. The lowest BCUT2D eigenvalue weighted by molar-refractivity contribution is 0.809. The van der Waals surface area contributed by atoms with E-state index in [1.807, 2.05) is 28.8 Å². The molecule has 0 amide bonds. The van der Waals surface area contributed by atoms with Gasteiger partial charge in [0.05, 0.1) is 5.69 Å². The Bertz CT molecular complexity index is 431. The molecule has 3 heteroatoms. The van der Waals surface area contributed by atoms with Gasteiger partial charge in [0, 0.05) is 6.20 Å². The molecule has 0 aliphatic rings. The van der Waals surface area contributed by atoms with Crippen LogP contribution in [-0.2, 0) is 0 Å². The second-order valence-electron chi connectivity index (χ2n) is 3.37. The van der Waals surface area contributed by atoms with Gasteiger partial charge in [0.15, 0.2) is 5.15 Å². The molecule has 0 aromatic carbocycles. The zero-order chi connectivity index (χ0) is 9.42. The number of pyridine rings is 1. The first kappa shape index (κ1) is 8.57. The molecule has 2 heterocycles. The molecule has 2 aromatic heterocycles. The summed E-state index contributed by atoms with van der Waals surface area (Å²) in [5, 5.41) is 0.612. The van der Waals surface area contributed by atoms with E-state index < -0.39 is 0 Å². The minimum absolute atomic E-state index is 0.393. The van der Waals surface area contributed by atoms with Gasteiger partial charge < -0.3 is 4.40 Å². The number of hydrogen-bond acceptors (Lipinski definition) is 1. The maximum Gasteiger partial charge on any atom is 0.151 e. The van der Waals surface area contributed by atoms with Crippen LogP contribution in [0.1, 0.15) is 25.5 Å². The smallest absolute Gasteiger partial charge is 0.151 e. The first-order chi connectivity index (χ1) is 6.20. The number of aromatic nitrogens is 2. The molecule has 0 N–H and O–H groups in total. The molecule has 0 spiro atoms. The summed E-state index contributed by atoms with van der Waals surface area (Å²) in [6, 6.07) is 5.90. The first-order valence-corrected chi connectivity index (χ1v) is 4.70. The largest absolute Gasteiger partial charge is 0.302 e. The average molecular weight is 195 g/mol. The zero-order valence-electron chi connectivity index (χ0n) is 7.66. The summed E-state index contributed by atoms with van der Waals surface area (Å²) in [6.07, 6.45) is 1.99. The predicted octanol–water partition coefficient (Wildman–Crippen LogP) is 3.11. The third-order valence-electron chi connectivity index (χ3n) is 2.07. The van der Waals surface area contributed by atoms with E-state index in [1.54, 1.807) is 0 Å². The summed E-state index contributed by atoms with van der Waals surface area (Å²) >= 11 is 6.03. The number of imidazole rings is 1. The molecule has 13 heavy (non-hydrogen) atoms. The van der Waals surface area contributed by atoms with Crippen LogP contribution < -0.4 is 0 Å². The molecule has 2 rings (SSSR count). The molecule has 2 aromatic rings. The number of halogens is 1. The molecule has 0 aliphatic carbocycles. The lowest BCUT2D eigenvalue weighted by Gasteiger charge is -2.04. The summed E-state index contributed by atoms with van der Waals surface area (Å²) in [7, 11) is 0. The molecule has 0 radical (unpaired) electrons. The van der Waals surface area contributed by atoms with Crippen LogP contribution in [-0.4, -0.2) is 9.38 Å². The molecule has 0 aliphatic heterocycles. The summed E-state index contributed by atoms with van der Waals surface area (Å²) in [6.45, 7) is 4.23. The molecule has 68 valence electrons. The molecule has 0 fully saturated rings. The Kier molecular flexibility index (Phi) is 2.00. The van der Waals surface area contributed by atoms with Crippen LogP contribution in [0.3, 0.4) is 0 Å². The second-order valence-corrected chi connectivity index (χ2v) is 3.73. The zero-order valence-corrected chi connectivity index (χ0v) is 8.42. The van der Waals surface area contributed by atoms with Gasteiger partial charge in [-0.15, -0.1) is 0 Å². The highest BCUT2D eigenvalue weighted by molar-refractivity contribution is 6.30. The minimum Gasteiger partial charge on any atom is -0.302 e. The van der Waals surface area contributed by atoms with E-state index in [2.05, 4.69) is 18.8 Å². The maximum absolute atomic E-state index is 6.03. The van der Waals surface area contributed by atoms with Crippen LogP contribution in [0.5, 0.6) is 0 Å². The van der Waals surface area contributed by atoms with Crippen LogP contribution in [0, 0.1) is 0 Å². The summed E-state index contributed by atoms with van der Waals surface area (Å²) in [5.41, 5.74) is 1.99. The quantitative estimate of drug-likeness (QED) is 0.682. The minimum atomic E-state index is 0.393. The lowest BCUT2D eigenvalue weighted by atomic mass is 10.1. The topological polar surface area (TPSA) is 17.3 Å². The van der Waals surface area contributed by atoms with Gasteiger partial charge in [0.25, 0.3) is 0 Å². The van der Waals surface area contributed by atoms with Crippen molar-refractivity contribution >= 4 is 17.2 Å². The number of rotatable bonds is 1. The summed E-state index contributed by atoms with van der Waals surface area (Å²) in [4.78, 5) is 4.26. The molecule has 2 nitrogen and oxygen atoms in total. The molecule has 0 saturated heterocycles. The molecular formula is C10H11ClN2. The van der Waals surface area contributed by atoms with Crippen molar-refractivity contribution in [1.29, 1.82) is 0 Å². The molecule has 0 unspecified atom stereocenters. The highest BCUT2D eigenvalue weighted by Gasteiger charge is 2.12. The van der Waals surface area contributed by atoms with Gasteiger partial charge in [0.1, 0.15) is 5.65 Å². The third-order valence-corrected chi connectivity index (χ3v) is 2.35. The first-order valence-electron chi connectivity index (χ1n) is 4.32. The monoisotopic (exact) mass is 194 g/mol. The molecule has 0 saturated carbocycles. The van der Waals surface area contributed by atoms with Gasteiger partial charge in [-0.2, -0.15) is 0 Å². The van der Waals surface area contributed by atoms with Gasteiger partial charge in [-0.1, -0.05) is 31.5 Å². The van der Waals surface area contributed by atoms with Crippen molar-refractivity contribution in [1.82, 2.24) is 9.38 Å². The van der Waals surface area contributed by atoms with E-state index >= 15 is 0 Å². The van der Waals surface area contributed by atoms with Crippen LogP contribution in [0.25, 0.3) is 5.65 Å². The Morgan fingerprint density at radius 2 is 2.15 bits per heavy atom. The van der Waals surface area contributed by atoms with E-state index in [9.17, 15) is 0 Å². The lowest BCUT2D eigenvalue weighted by Crippen LogP contribution is -1.94. The number of nitrogens with zero attached hydrogens (tertiary/aromatic N) is 2. The van der Waals surface area contributed by atoms with Crippen molar-refractivity contribution in [2.75, 3.05) is 0 Å². The molecule has 0 bridgehead atoms. The highest BCUT2D eigenvalue weighted by Crippen LogP contribution is 2.24. The van der Waals surface area contributed by atoms with Crippen molar-refractivity contribution in [3.8, 4) is 0 Å². The molecular weight excluding hydrogens is 184 g/mol. The normalized spacial score (nSPS) is 11.4. The Hall–Kier alpha value is -1.02. The summed E-state index contributed by atoms with van der Waals surface area (Å²) < 4.78 is 2.03. The molecule has 0 atom stereocenters. The van der Waals surface area contributed by atoms with E-state index in [1.165, 1.54) is 0 Å². The van der Waals surface area contributed by atoms with Gasteiger partial charge in [-0.25, -0.2) is 4.98 Å². The van der Waals surface area contributed by atoms with Crippen LogP contribution in [0.15, 0.2) is 24.4 Å². The van der Waals surface area contributed by atoms with Crippen LogP contribution in [0.4, 0.5) is 0 Å². The van der Waals surface area contributed by atoms with E-state index in [0.29, 0.717) is 11.1 Å². The van der Waals surface area contributed by atoms with Crippen LogP contribution in [0.2, 0.25) is 5.15 Å². The van der Waals surface area contributed by atoms with Gasteiger partial charge >= 0.3 is 0 Å². The number of hydrogen-bond donors (Lipinski definition) is 0. The van der Waals surface area contributed by atoms with Crippen molar-refractivity contribution in [2.24, 2.45) is 0 Å². The van der Waals surface area contributed by atoms with Gasteiger partial charge in [0.2, 0.25) is 0 Å². The van der Waals surface area contributed by atoms with Crippen LogP contribution >= 0.6 is 11.6 Å². The average Bonchev–Trinajstić information content (AvgIpc) is 2.39. The Morgan fingerprint density at radius 1 is 1.38 bits per heavy atom. The van der Waals surface area contributed by atoms with E-state index in [-0.39, 0.29) is 0 Å². The van der Waals surface area contributed by atoms with Crippen molar-refractivity contribution in [3.63, 3.8) is 0 Å². The fourth-order valence-electron chi connectivity index (χ4n) is 1.50. The number of fused-ring (bicyclic) bond motifs is 1. The fourth-order valence-corrected chi connectivity index (χ4v) is 1.90. The summed E-state index contributed by atoms with van der Waals surface area (Å²) in [5.74, 6) is 0.393. The van der Waals surface area contributed by atoms with Crippen molar-refractivity contribution in [3.05, 3.63) is 35.2 Å². The maximum atomic E-state index is 6.03. The Balaban J connectivity index is 2.78. The van der Waals surface area contributed by atoms with E-state index in [0.717, 1.165) is 11.3 Å². The van der Waals surface area contributed by atoms with Crippen molar-refractivity contribution in [2.45, 2.75) is 19.8 Å². The van der Waals surface area contributed by atoms with Crippen molar-refractivity contribution < 1.29 is 0 Å². The SMILES string of the molecule is CC(C)c1c(Cl)nc2ccccn12. The van der Waals surface area contributed by atoms with Gasteiger partial charge in [-0.05, 0) is 18.1 Å². The highest BCUT2D eigenvalue weighted by atomic mass is 35.5. The van der Waals surface area contributed by atoms with Gasteiger partial charge in [-0.3, -0.25) is 0 Å². The third kappa shape index (κ3) is 1.31.